The summed E-state index contributed by atoms with van der Waals surface area (Å²) in [5, 5.41) is 7.36. The molecule has 0 fully saturated rings. The summed E-state index contributed by atoms with van der Waals surface area (Å²) in [6.07, 6.45) is 0.206. The van der Waals surface area contributed by atoms with E-state index in [4.69, 9.17) is 4.74 Å². The van der Waals surface area contributed by atoms with Gasteiger partial charge in [-0.1, -0.05) is 48.5 Å². The second-order valence-electron chi connectivity index (χ2n) is 6.25. The lowest BCUT2D eigenvalue weighted by atomic mass is 10.0. The molecule has 0 aliphatic rings. The van der Waals surface area contributed by atoms with Crippen LogP contribution in [0.4, 0.5) is 4.39 Å². The van der Waals surface area contributed by atoms with E-state index >= 15 is 0 Å². The standard InChI is InChI=1S/C22H21FN2O3/c23-18-8-4-9-19(14-18)28-12-11-24-22(27)15-25-21(26)13-17-7-3-6-16-5-1-2-10-20(16)17/h1-10,14H,11-13,15H2,(H,24,27)(H,25,26). The maximum Gasteiger partial charge on any atom is 0.239 e. The first-order valence-electron chi connectivity index (χ1n) is 9.00. The molecule has 6 heteroatoms. The molecule has 0 heterocycles. The van der Waals surface area contributed by atoms with Crippen LogP contribution in [0.2, 0.25) is 0 Å². The number of amides is 2. The predicted octanol–water partition coefficient (Wildman–Crippen LogP) is 2.83. The lowest BCUT2D eigenvalue weighted by molar-refractivity contribution is -0.125. The van der Waals surface area contributed by atoms with Crippen molar-refractivity contribution < 1.29 is 18.7 Å². The van der Waals surface area contributed by atoms with Crippen molar-refractivity contribution in [2.45, 2.75) is 6.42 Å². The summed E-state index contributed by atoms with van der Waals surface area (Å²) < 4.78 is 18.4. The Bertz CT molecular complexity index is 969. The molecular formula is C22H21FN2O3. The van der Waals surface area contributed by atoms with Gasteiger partial charge < -0.3 is 15.4 Å². The molecule has 0 aliphatic carbocycles. The largest absolute Gasteiger partial charge is 0.492 e. The van der Waals surface area contributed by atoms with Gasteiger partial charge in [0.15, 0.2) is 0 Å². The Morgan fingerprint density at radius 3 is 2.54 bits per heavy atom. The van der Waals surface area contributed by atoms with Crippen LogP contribution in [0.5, 0.6) is 5.75 Å². The number of benzene rings is 3. The Balaban J connectivity index is 1.38. The summed E-state index contributed by atoms with van der Waals surface area (Å²) in [5.41, 5.74) is 0.916. The van der Waals surface area contributed by atoms with E-state index in [-0.39, 0.29) is 43.7 Å². The molecule has 0 atom stereocenters. The normalized spacial score (nSPS) is 10.5. The monoisotopic (exact) mass is 380 g/mol. The second-order valence-corrected chi connectivity index (χ2v) is 6.25. The summed E-state index contributed by atoms with van der Waals surface area (Å²) in [7, 11) is 0. The van der Waals surface area contributed by atoms with E-state index in [2.05, 4.69) is 10.6 Å². The van der Waals surface area contributed by atoms with Crippen molar-refractivity contribution in [2.75, 3.05) is 19.7 Å². The first-order valence-corrected chi connectivity index (χ1v) is 9.00. The minimum atomic E-state index is -0.379. The van der Waals surface area contributed by atoms with Crippen LogP contribution in [-0.4, -0.2) is 31.5 Å². The van der Waals surface area contributed by atoms with Crippen molar-refractivity contribution in [1.82, 2.24) is 10.6 Å². The van der Waals surface area contributed by atoms with Crippen molar-refractivity contribution in [3.8, 4) is 5.75 Å². The number of rotatable bonds is 8. The van der Waals surface area contributed by atoms with Gasteiger partial charge >= 0.3 is 0 Å². The zero-order valence-electron chi connectivity index (χ0n) is 15.3. The highest BCUT2D eigenvalue weighted by atomic mass is 19.1. The molecular weight excluding hydrogens is 359 g/mol. The van der Waals surface area contributed by atoms with Crippen LogP contribution >= 0.6 is 0 Å². The van der Waals surface area contributed by atoms with Gasteiger partial charge in [-0.25, -0.2) is 4.39 Å². The molecule has 2 N–H and O–H groups in total. The maximum absolute atomic E-state index is 13.0. The summed E-state index contributed by atoms with van der Waals surface area (Å²) in [6.45, 7) is 0.358. The molecule has 3 aromatic carbocycles. The number of carbonyl (C=O) groups is 2. The zero-order chi connectivity index (χ0) is 19.8. The number of fused-ring (bicyclic) bond motifs is 1. The molecule has 2 amide bonds. The third kappa shape index (κ3) is 5.54. The summed E-state index contributed by atoms with van der Waals surface area (Å²) >= 11 is 0. The molecule has 0 bridgehead atoms. The fourth-order valence-electron chi connectivity index (χ4n) is 2.84. The van der Waals surface area contributed by atoms with Crippen molar-refractivity contribution in [3.63, 3.8) is 0 Å². The first kappa shape index (κ1) is 19.4. The highest BCUT2D eigenvalue weighted by Crippen LogP contribution is 2.18. The van der Waals surface area contributed by atoms with E-state index in [1.807, 2.05) is 42.5 Å². The summed E-state index contributed by atoms with van der Waals surface area (Å²) in [5.74, 6) is -0.510. The van der Waals surface area contributed by atoms with Crippen LogP contribution < -0.4 is 15.4 Å². The van der Waals surface area contributed by atoms with Crippen LogP contribution in [0.3, 0.4) is 0 Å². The predicted molar refractivity (Wildman–Crippen MR) is 106 cm³/mol. The van der Waals surface area contributed by atoms with Gasteiger partial charge in [0, 0.05) is 6.07 Å². The lowest BCUT2D eigenvalue weighted by Crippen LogP contribution is -2.39. The Labute approximate surface area is 162 Å². The van der Waals surface area contributed by atoms with Gasteiger partial charge in [-0.2, -0.15) is 0 Å². The van der Waals surface area contributed by atoms with Crippen LogP contribution in [-0.2, 0) is 16.0 Å². The molecule has 0 aliphatic heterocycles. The molecule has 0 saturated carbocycles. The Morgan fingerprint density at radius 2 is 1.68 bits per heavy atom. The number of carbonyl (C=O) groups excluding carboxylic acids is 2. The lowest BCUT2D eigenvalue weighted by Gasteiger charge is -2.09. The number of ether oxygens (including phenoxy) is 1. The van der Waals surface area contributed by atoms with Gasteiger partial charge in [-0.3, -0.25) is 9.59 Å². The van der Waals surface area contributed by atoms with Crippen LogP contribution in [0.15, 0.2) is 66.7 Å². The van der Waals surface area contributed by atoms with Crippen molar-refractivity contribution in [2.24, 2.45) is 0 Å². The van der Waals surface area contributed by atoms with E-state index in [1.54, 1.807) is 12.1 Å². The average Bonchev–Trinajstić information content (AvgIpc) is 2.70. The Kier molecular flexibility index (Phi) is 6.57. The quantitative estimate of drug-likeness (QED) is 0.591. The minimum Gasteiger partial charge on any atom is -0.492 e. The smallest absolute Gasteiger partial charge is 0.239 e. The van der Waals surface area contributed by atoms with E-state index < -0.39 is 0 Å². The third-order valence-electron chi connectivity index (χ3n) is 4.17. The van der Waals surface area contributed by atoms with Crippen LogP contribution in [0.25, 0.3) is 10.8 Å². The minimum absolute atomic E-state index is 0.108. The van der Waals surface area contributed by atoms with Gasteiger partial charge in [0.25, 0.3) is 0 Å². The summed E-state index contributed by atoms with van der Waals surface area (Å²) in [4.78, 5) is 24.0. The average molecular weight is 380 g/mol. The molecule has 0 saturated heterocycles. The van der Waals surface area contributed by atoms with Crippen molar-refractivity contribution >= 4 is 22.6 Å². The molecule has 0 aromatic heterocycles. The van der Waals surface area contributed by atoms with E-state index in [1.165, 1.54) is 12.1 Å². The van der Waals surface area contributed by atoms with E-state index in [0.29, 0.717) is 5.75 Å². The number of hydrogen-bond acceptors (Lipinski definition) is 3. The SMILES string of the molecule is O=C(CNC(=O)Cc1cccc2ccccc12)NCCOc1cccc(F)c1. The molecule has 0 spiro atoms. The molecule has 5 nitrogen and oxygen atoms in total. The molecule has 0 radical (unpaired) electrons. The van der Waals surface area contributed by atoms with Gasteiger partial charge in [0.05, 0.1) is 19.5 Å². The Hall–Kier alpha value is -3.41. The third-order valence-corrected chi connectivity index (χ3v) is 4.17. The molecule has 28 heavy (non-hydrogen) atoms. The number of nitrogens with one attached hydrogen (secondary N) is 2. The number of hydrogen-bond donors (Lipinski definition) is 2. The summed E-state index contributed by atoms with van der Waals surface area (Å²) in [6, 6.07) is 19.5. The zero-order valence-corrected chi connectivity index (χ0v) is 15.3. The van der Waals surface area contributed by atoms with Crippen molar-refractivity contribution in [1.29, 1.82) is 0 Å². The second kappa shape index (κ2) is 9.50. The molecule has 0 unspecified atom stereocenters. The number of halogens is 1. The highest BCUT2D eigenvalue weighted by molar-refractivity contribution is 5.91. The fourth-order valence-corrected chi connectivity index (χ4v) is 2.84. The molecule has 3 rings (SSSR count). The topological polar surface area (TPSA) is 67.4 Å². The van der Waals surface area contributed by atoms with Gasteiger partial charge in [0.1, 0.15) is 18.2 Å². The molecule has 144 valence electrons. The molecule has 3 aromatic rings. The van der Waals surface area contributed by atoms with Crippen molar-refractivity contribution in [3.05, 3.63) is 78.1 Å². The fraction of sp³-hybridized carbons (Fsp3) is 0.182. The van der Waals surface area contributed by atoms with E-state index in [9.17, 15) is 14.0 Å². The van der Waals surface area contributed by atoms with E-state index in [0.717, 1.165) is 16.3 Å². The van der Waals surface area contributed by atoms with Crippen LogP contribution in [0.1, 0.15) is 5.56 Å². The van der Waals surface area contributed by atoms with Crippen LogP contribution in [0, 0.1) is 5.82 Å². The van der Waals surface area contributed by atoms with Gasteiger partial charge in [-0.15, -0.1) is 0 Å². The Morgan fingerprint density at radius 1 is 0.893 bits per heavy atom. The first-order chi connectivity index (χ1) is 13.6. The highest BCUT2D eigenvalue weighted by Gasteiger charge is 2.08. The van der Waals surface area contributed by atoms with Gasteiger partial charge in [-0.05, 0) is 28.5 Å². The maximum atomic E-state index is 13.0. The van der Waals surface area contributed by atoms with Gasteiger partial charge in [0.2, 0.25) is 11.8 Å².